The molecule has 0 saturated carbocycles. The second-order valence-electron chi connectivity index (χ2n) is 8.29. The molecule has 0 aliphatic carbocycles. The number of hydrogen-bond acceptors (Lipinski definition) is 5. The molecule has 1 aliphatic heterocycles. The molecule has 3 rings (SSSR count). The Morgan fingerprint density at radius 3 is 2.61 bits per heavy atom. The summed E-state index contributed by atoms with van der Waals surface area (Å²) in [7, 11) is 3.34. The normalized spacial score (nSPS) is 12.7. The van der Waals surface area contributed by atoms with Crippen molar-refractivity contribution in [1.82, 2.24) is 19.7 Å². The first kappa shape index (κ1) is 23.8. The second kappa shape index (κ2) is 9.76. The minimum absolute atomic E-state index is 0.0155. The number of benzene rings is 1. The highest BCUT2D eigenvalue weighted by atomic mass is 19.1. The first-order valence-corrected chi connectivity index (χ1v) is 10.6. The molecule has 0 spiro atoms. The van der Waals surface area contributed by atoms with Crippen LogP contribution in [-0.2, 0) is 13.0 Å². The molecule has 3 N–H and O–H groups in total. The van der Waals surface area contributed by atoms with Gasteiger partial charge in [-0.15, -0.1) is 0 Å². The van der Waals surface area contributed by atoms with Crippen LogP contribution in [0.2, 0.25) is 0 Å². The highest BCUT2D eigenvalue weighted by Gasteiger charge is 2.25. The number of nitrogens with zero attached hydrogens (tertiary/aromatic N) is 4. The predicted molar refractivity (Wildman–Crippen MR) is 124 cm³/mol. The smallest absolute Gasteiger partial charge is 0.319 e. The molecule has 174 valence electrons. The lowest BCUT2D eigenvalue weighted by atomic mass is 9.96. The molecule has 1 aromatic carbocycles. The van der Waals surface area contributed by atoms with Crippen molar-refractivity contribution in [2.75, 3.05) is 26.0 Å². The molecule has 0 unspecified atom stereocenters. The van der Waals surface area contributed by atoms with Gasteiger partial charge in [0.15, 0.2) is 5.84 Å². The molecule has 10 heteroatoms. The Hall–Kier alpha value is -3.82. The Morgan fingerprint density at radius 2 is 1.97 bits per heavy atom. The van der Waals surface area contributed by atoms with Gasteiger partial charge in [-0.3, -0.25) is 15.6 Å². The van der Waals surface area contributed by atoms with E-state index in [4.69, 9.17) is 10.8 Å². The van der Waals surface area contributed by atoms with Crippen LogP contribution in [0.25, 0.3) is 0 Å². The lowest BCUT2D eigenvalue weighted by molar-refractivity contribution is 0.102. The molecule has 1 aliphatic rings. The molecule has 3 amide bonds. The van der Waals surface area contributed by atoms with Gasteiger partial charge in [0.2, 0.25) is 0 Å². The van der Waals surface area contributed by atoms with Gasteiger partial charge in [-0.2, -0.15) is 0 Å². The maximum absolute atomic E-state index is 14.7. The average Bonchev–Trinajstić information content (AvgIpc) is 2.78. The van der Waals surface area contributed by atoms with Crippen LogP contribution < -0.4 is 5.32 Å². The molecule has 0 saturated heterocycles. The van der Waals surface area contributed by atoms with Crippen molar-refractivity contribution in [1.29, 1.82) is 10.8 Å². The maximum Gasteiger partial charge on any atom is 0.319 e. The first-order valence-electron chi connectivity index (χ1n) is 10.6. The van der Waals surface area contributed by atoms with E-state index in [9.17, 15) is 14.0 Å². The standard InChI is InChI=1S/C23H28FN7O2/c1-14(2)31(13-25)21(26)19-6-5-7-20(27-19)28-22(32)17-10-16-12-30(23(33)29(3)4)9-8-15(16)11-18(17)24/h5-7,10-11,13-14,25-26H,8-9,12H2,1-4H3,(H,27,28,32). The number of halogens is 1. The van der Waals surface area contributed by atoms with E-state index >= 15 is 0 Å². The topological polar surface area (TPSA) is 116 Å². The number of rotatable bonds is 5. The van der Waals surface area contributed by atoms with E-state index in [-0.39, 0.29) is 35.0 Å². The fourth-order valence-electron chi connectivity index (χ4n) is 3.62. The van der Waals surface area contributed by atoms with Crippen LogP contribution in [0.3, 0.4) is 0 Å². The van der Waals surface area contributed by atoms with Crippen LogP contribution in [0.15, 0.2) is 30.3 Å². The van der Waals surface area contributed by atoms with Crippen molar-refractivity contribution in [2.45, 2.75) is 32.9 Å². The Bertz CT molecular complexity index is 1100. The van der Waals surface area contributed by atoms with Gasteiger partial charge in [-0.25, -0.2) is 14.2 Å². The molecular weight excluding hydrogens is 425 g/mol. The highest BCUT2D eigenvalue weighted by Crippen LogP contribution is 2.24. The fourth-order valence-corrected chi connectivity index (χ4v) is 3.62. The number of pyridine rings is 1. The van der Waals surface area contributed by atoms with E-state index in [0.717, 1.165) is 17.5 Å². The summed E-state index contributed by atoms with van der Waals surface area (Å²) < 4.78 is 14.7. The predicted octanol–water partition coefficient (Wildman–Crippen LogP) is 3.16. The maximum atomic E-state index is 14.7. The van der Waals surface area contributed by atoms with E-state index < -0.39 is 11.7 Å². The van der Waals surface area contributed by atoms with Crippen molar-refractivity contribution in [3.05, 3.63) is 58.5 Å². The minimum atomic E-state index is -0.671. The third-order valence-electron chi connectivity index (χ3n) is 5.39. The summed E-state index contributed by atoms with van der Waals surface area (Å²) in [5, 5.41) is 18.4. The molecular formula is C23H28FN7O2. The third-order valence-corrected chi connectivity index (χ3v) is 5.39. The number of amidine groups is 1. The van der Waals surface area contributed by atoms with Gasteiger partial charge in [0.1, 0.15) is 17.3 Å². The Balaban J connectivity index is 1.82. The van der Waals surface area contributed by atoms with Crippen molar-refractivity contribution < 1.29 is 14.0 Å². The van der Waals surface area contributed by atoms with Gasteiger partial charge in [-0.05, 0) is 55.7 Å². The van der Waals surface area contributed by atoms with Crippen LogP contribution in [0.5, 0.6) is 0 Å². The Kier molecular flexibility index (Phi) is 7.05. The zero-order chi connectivity index (χ0) is 24.3. The van der Waals surface area contributed by atoms with Crippen molar-refractivity contribution in [3.63, 3.8) is 0 Å². The van der Waals surface area contributed by atoms with Crippen molar-refractivity contribution in [2.24, 2.45) is 0 Å². The van der Waals surface area contributed by atoms with Crippen molar-refractivity contribution >= 4 is 29.9 Å². The SMILES string of the molecule is CC(C)N(C=N)C(=N)c1cccc(NC(=O)c2cc3c(cc2F)CCN(C(=O)N(C)C)C3)n1. The number of amides is 3. The first-order chi connectivity index (χ1) is 15.6. The van der Waals surface area contributed by atoms with E-state index in [1.807, 2.05) is 13.8 Å². The summed E-state index contributed by atoms with van der Waals surface area (Å²) in [5.74, 6) is -1.13. The van der Waals surface area contributed by atoms with Gasteiger partial charge < -0.3 is 20.0 Å². The largest absolute Gasteiger partial charge is 0.331 e. The quantitative estimate of drug-likeness (QED) is 0.476. The second-order valence-corrected chi connectivity index (χ2v) is 8.29. The Morgan fingerprint density at radius 1 is 1.24 bits per heavy atom. The number of carbonyl (C=O) groups is 2. The van der Waals surface area contributed by atoms with Crippen LogP contribution in [0.4, 0.5) is 15.0 Å². The lowest BCUT2D eigenvalue weighted by Gasteiger charge is -2.31. The Labute approximate surface area is 192 Å². The monoisotopic (exact) mass is 453 g/mol. The zero-order valence-electron chi connectivity index (χ0n) is 19.1. The highest BCUT2D eigenvalue weighted by molar-refractivity contribution is 6.05. The zero-order valence-corrected chi connectivity index (χ0v) is 19.1. The summed E-state index contributed by atoms with van der Waals surface area (Å²) in [4.78, 5) is 34.0. The molecule has 0 radical (unpaired) electrons. The fraction of sp³-hybridized carbons (Fsp3) is 0.348. The van der Waals surface area contributed by atoms with Crippen LogP contribution in [0, 0.1) is 16.6 Å². The third kappa shape index (κ3) is 5.16. The van der Waals surface area contributed by atoms with Gasteiger partial charge in [0, 0.05) is 33.2 Å². The summed E-state index contributed by atoms with van der Waals surface area (Å²) >= 11 is 0. The van der Waals surface area contributed by atoms with Gasteiger partial charge in [0.05, 0.1) is 11.9 Å². The van der Waals surface area contributed by atoms with Crippen LogP contribution >= 0.6 is 0 Å². The lowest BCUT2D eigenvalue weighted by Crippen LogP contribution is -2.42. The molecule has 2 aromatic rings. The van der Waals surface area contributed by atoms with Gasteiger partial charge >= 0.3 is 6.03 Å². The molecule has 33 heavy (non-hydrogen) atoms. The molecule has 0 fully saturated rings. The number of fused-ring (bicyclic) bond motifs is 1. The van der Waals surface area contributed by atoms with Crippen LogP contribution in [-0.4, -0.2) is 70.5 Å². The number of nitrogens with one attached hydrogen (secondary N) is 3. The van der Waals surface area contributed by atoms with E-state index in [0.29, 0.717) is 19.5 Å². The van der Waals surface area contributed by atoms with E-state index in [1.165, 1.54) is 21.9 Å². The average molecular weight is 454 g/mol. The number of aromatic nitrogens is 1. The summed E-state index contributed by atoms with van der Waals surface area (Å²) in [6.45, 7) is 4.47. The van der Waals surface area contributed by atoms with Gasteiger partial charge in [0.25, 0.3) is 5.91 Å². The van der Waals surface area contributed by atoms with E-state index in [1.54, 1.807) is 37.2 Å². The summed E-state index contributed by atoms with van der Waals surface area (Å²) in [6, 6.07) is 7.36. The molecule has 0 bridgehead atoms. The van der Waals surface area contributed by atoms with Gasteiger partial charge in [-0.1, -0.05) is 6.07 Å². The number of anilines is 1. The molecule has 9 nitrogen and oxygen atoms in total. The molecule has 2 heterocycles. The minimum Gasteiger partial charge on any atom is -0.331 e. The molecule has 1 aromatic heterocycles. The van der Waals surface area contributed by atoms with Crippen LogP contribution in [0.1, 0.15) is 41.0 Å². The van der Waals surface area contributed by atoms with E-state index in [2.05, 4.69) is 10.3 Å². The number of carbonyl (C=O) groups excluding carboxylic acids is 2. The number of urea groups is 1. The molecule has 0 atom stereocenters. The summed E-state index contributed by atoms with van der Waals surface area (Å²) in [5.41, 5.74) is 1.64. The number of hydrogen-bond donors (Lipinski definition) is 3. The summed E-state index contributed by atoms with van der Waals surface area (Å²) in [6.07, 6.45) is 1.56. The van der Waals surface area contributed by atoms with Crippen molar-refractivity contribution in [3.8, 4) is 0 Å².